The average molecular weight is 254 g/mol. The van der Waals surface area contributed by atoms with Crippen LogP contribution in [0.4, 0.5) is 0 Å². The molecule has 2 amide bonds. The van der Waals surface area contributed by atoms with Gasteiger partial charge in [-0.05, 0) is 0 Å². The lowest BCUT2D eigenvalue weighted by molar-refractivity contribution is -0.126. The zero-order valence-corrected chi connectivity index (χ0v) is 10.3. The van der Waals surface area contributed by atoms with Crippen molar-refractivity contribution < 1.29 is 9.59 Å². The molecule has 2 rings (SSSR count). The molecule has 1 aromatic rings. The Kier molecular flexibility index (Phi) is 3.39. The van der Waals surface area contributed by atoms with Gasteiger partial charge in [-0.1, -0.05) is 0 Å². The second-order valence-electron chi connectivity index (χ2n) is 3.98. The first-order chi connectivity index (χ1) is 8.10. The van der Waals surface area contributed by atoms with E-state index >= 15 is 0 Å². The van der Waals surface area contributed by atoms with Crippen molar-refractivity contribution in [3.8, 4) is 0 Å². The van der Waals surface area contributed by atoms with Crippen LogP contribution >= 0.6 is 11.3 Å². The Labute approximate surface area is 103 Å². The lowest BCUT2D eigenvalue weighted by atomic mass is 10.2. The van der Waals surface area contributed by atoms with Crippen LogP contribution in [0.3, 0.4) is 0 Å². The van der Waals surface area contributed by atoms with Crippen LogP contribution in [0.15, 0.2) is 5.38 Å². The molecule has 1 saturated heterocycles. The van der Waals surface area contributed by atoms with Gasteiger partial charge in [0.1, 0.15) is 10.7 Å². The van der Waals surface area contributed by atoms with E-state index in [9.17, 15) is 9.59 Å². The maximum Gasteiger partial charge on any atom is 0.271 e. The van der Waals surface area contributed by atoms with E-state index in [1.807, 2.05) is 0 Å². The molecule has 1 aliphatic heterocycles. The molecule has 7 heteroatoms. The minimum Gasteiger partial charge on any atom is -0.346 e. The van der Waals surface area contributed by atoms with Gasteiger partial charge in [0.25, 0.3) is 5.91 Å². The highest BCUT2D eigenvalue weighted by molar-refractivity contribution is 7.09. The third-order valence-corrected chi connectivity index (χ3v) is 3.51. The van der Waals surface area contributed by atoms with Crippen molar-refractivity contribution in [3.05, 3.63) is 16.1 Å². The summed E-state index contributed by atoms with van der Waals surface area (Å²) in [5.41, 5.74) is 5.80. The summed E-state index contributed by atoms with van der Waals surface area (Å²) in [5.74, 6) is -0.190. The average Bonchev–Trinajstić information content (AvgIpc) is 2.87. The number of nitrogens with zero attached hydrogens (tertiary/aromatic N) is 2. The first-order valence-corrected chi connectivity index (χ1v) is 6.17. The fourth-order valence-corrected chi connectivity index (χ4v) is 2.38. The molecule has 0 bridgehead atoms. The number of carbonyl (C=O) groups excluding carboxylic acids is 2. The molecule has 0 spiro atoms. The maximum atomic E-state index is 11.8. The molecule has 6 nitrogen and oxygen atoms in total. The molecular formula is C10H14N4O2S. The summed E-state index contributed by atoms with van der Waals surface area (Å²) in [6.07, 6.45) is 0.357. The van der Waals surface area contributed by atoms with E-state index in [-0.39, 0.29) is 17.9 Å². The van der Waals surface area contributed by atoms with Gasteiger partial charge >= 0.3 is 0 Å². The molecule has 1 unspecified atom stereocenters. The van der Waals surface area contributed by atoms with E-state index in [0.717, 1.165) is 5.01 Å². The molecule has 1 aliphatic rings. The molecule has 2 heterocycles. The molecule has 17 heavy (non-hydrogen) atoms. The number of likely N-dealkylation sites (N-methyl/N-ethyl adjacent to an activating group) is 1. The van der Waals surface area contributed by atoms with Gasteiger partial charge < -0.3 is 16.0 Å². The minimum atomic E-state index is -0.242. The Balaban J connectivity index is 1.95. The van der Waals surface area contributed by atoms with Gasteiger partial charge in [0.2, 0.25) is 5.91 Å². The topological polar surface area (TPSA) is 88.3 Å². The van der Waals surface area contributed by atoms with Crippen LogP contribution in [0.1, 0.15) is 21.9 Å². The van der Waals surface area contributed by atoms with Gasteiger partial charge in [-0.2, -0.15) is 0 Å². The molecule has 0 radical (unpaired) electrons. The summed E-state index contributed by atoms with van der Waals surface area (Å²) in [6, 6.07) is -0.122. The van der Waals surface area contributed by atoms with Crippen molar-refractivity contribution in [2.75, 3.05) is 13.6 Å². The Hall–Kier alpha value is -1.47. The number of nitrogens with one attached hydrogen (secondary N) is 1. The van der Waals surface area contributed by atoms with Gasteiger partial charge in [-0.3, -0.25) is 9.59 Å². The number of rotatable bonds is 3. The van der Waals surface area contributed by atoms with E-state index in [1.165, 1.54) is 11.3 Å². The van der Waals surface area contributed by atoms with Crippen LogP contribution in [0.25, 0.3) is 0 Å². The standard InChI is InChI=1S/C10H14N4O2S/c1-14-4-6(2-9(14)15)12-10(16)7-5-17-8(3-11)13-7/h5-6H,2-4,11H2,1H3,(H,12,16). The number of aromatic nitrogens is 1. The van der Waals surface area contributed by atoms with Crippen LogP contribution in [0.5, 0.6) is 0 Å². The van der Waals surface area contributed by atoms with Gasteiger partial charge in [-0.25, -0.2) is 4.98 Å². The zero-order valence-electron chi connectivity index (χ0n) is 9.47. The fourth-order valence-electron chi connectivity index (χ4n) is 1.73. The third kappa shape index (κ3) is 2.62. The first-order valence-electron chi connectivity index (χ1n) is 5.29. The SMILES string of the molecule is CN1CC(NC(=O)c2csc(CN)n2)CC1=O. The summed E-state index contributed by atoms with van der Waals surface area (Å²) in [6.45, 7) is 0.890. The summed E-state index contributed by atoms with van der Waals surface area (Å²) in [7, 11) is 1.73. The predicted octanol–water partition coefficient (Wildman–Crippen LogP) is -0.438. The number of hydrogen-bond acceptors (Lipinski definition) is 5. The highest BCUT2D eigenvalue weighted by Gasteiger charge is 2.28. The molecule has 0 aliphatic carbocycles. The van der Waals surface area contributed by atoms with Crippen LogP contribution in [0.2, 0.25) is 0 Å². The van der Waals surface area contributed by atoms with Crippen molar-refractivity contribution in [3.63, 3.8) is 0 Å². The number of amides is 2. The lowest BCUT2D eigenvalue weighted by Crippen LogP contribution is -2.36. The van der Waals surface area contributed by atoms with Crippen LogP contribution in [-0.2, 0) is 11.3 Å². The zero-order chi connectivity index (χ0) is 12.4. The number of nitrogens with two attached hydrogens (primary N) is 1. The Bertz CT molecular complexity index is 445. The van der Waals surface area contributed by atoms with E-state index in [2.05, 4.69) is 10.3 Å². The van der Waals surface area contributed by atoms with Crippen molar-refractivity contribution >= 4 is 23.2 Å². The first kappa shape index (κ1) is 12.0. The molecule has 0 saturated carbocycles. The van der Waals surface area contributed by atoms with Crippen molar-refractivity contribution in [2.24, 2.45) is 5.73 Å². The van der Waals surface area contributed by atoms with Crippen molar-refractivity contribution in [1.82, 2.24) is 15.2 Å². The normalized spacial score (nSPS) is 19.8. The van der Waals surface area contributed by atoms with Gasteiger partial charge in [-0.15, -0.1) is 11.3 Å². The molecule has 3 N–H and O–H groups in total. The summed E-state index contributed by atoms with van der Waals surface area (Å²) in [5, 5.41) is 5.21. The van der Waals surface area contributed by atoms with Crippen LogP contribution in [-0.4, -0.2) is 41.3 Å². The molecule has 92 valence electrons. The Morgan fingerprint density at radius 1 is 1.76 bits per heavy atom. The van der Waals surface area contributed by atoms with Crippen LogP contribution in [0, 0.1) is 0 Å². The largest absolute Gasteiger partial charge is 0.346 e. The summed E-state index contributed by atoms with van der Waals surface area (Å²) >= 11 is 1.36. The molecular weight excluding hydrogens is 240 g/mol. The van der Waals surface area contributed by atoms with Crippen molar-refractivity contribution in [1.29, 1.82) is 0 Å². The summed E-state index contributed by atoms with van der Waals surface area (Å²) < 4.78 is 0. The number of likely N-dealkylation sites (tertiary alicyclic amines) is 1. The smallest absolute Gasteiger partial charge is 0.271 e. The number of carbonyl (C=O) groups is 2. The monoisotopic (exact) mass is 254 g/mol. The molecule has 1 fully saturated rings. The van der Waals surface area contributed by atoms with E-state index < -0.39 is 0 Å². The van der Waals surface area contributed by atoms with Gasteiger partial charge in [0.05, 0.1) is 6.04 Å². The number of hydrogen-bond donors (Lipinski definition) is 2. The lowest BCUT2D eigenvalue weighted by Gasteiger charge is -2.11. The minimum absolute atomic E-state index is 0.0521. The Morgan fingerprint density at radius 3 is 3.06 bits per heavy atom. The van der Waals surface area contributed by atoms with E-state index in [0.29, 0.717) is 25.2 Å². The van der Waals surface area contributed by atoms with E-state index in [1.54, 1.807) is 17.3 Å². The third-order valence-electron chi connectivity index (χ3n) is 2.64. The highest BCUT2D eigenvalue weighted by atomic mass is 32.1. The van der Waals surface area contributed by atoms with E-state index in [4.69, 9.17) is 5.73 Å². The highest BCUT2D eigenvalue weighted by Crippen LogP contribution is 2.11. The van der Waals surface area contributed by atoms with Crippen LogP contribution < -0.4 is 11.1 Å². The Morgan fingerprint density at radius 2 is 2.53 bits per heavy atom. The van der Waals surface area contributed by atoms with Gasteiger partial charge in [0.15, 0.2) is 0 Å². The van der Waals surface area contributed by atoms with Gasteiger partial charge in [0, 0.05) is 31.9 Å². The summed E-state index contributed by atoms with van der Waals surface area (Å²) in [4.78, 5) is 28.8. The maximum absolute atomic E-state index is 11.8. The van der Waals surface area contributed by atoms with Crippen molar-refractivity contribution in [2.45, 2.75) is 19.0 Å². The molecule has 1 atom stereocenters. The quantitative estimate of drug-likeness (QED) is 0.765. The molecule has 1 aromatic heterocycles. The fraction of sp³-hybridized carbons (Fsp3) is 0.500. The second kappa shape index (κ2) is 4.80. The number of thiazole rings is 1. The molecule has 0 aromatic carbocycles. The predicted molar refractivity (Wildman–Crippen MR) is 63.5 cm³/mol. The second-order valence-corrected chi connectivity index (χ2v) is 4.92.